The number of ether oxygens (including phenoxy) is 2. The summed E-state index contributed by atoms with van der Waals surface area (Å²) in [6.45, 7) is 3.68. The summed E-state index contributed by atoms with van der Waals surface area (Å²) in [5.74, 6) is 1.48. The van der Waals surface area contributed by atoms with Crippen LogP contribution >= 0.6 is 23.6 Å². The summed E-state index contributed by atoms with van der Waals surface area (Å²) in [5, 5.41) is 8.61. The first kappa shape index (κ1) is 16.5. The van der Waals surface area contributed by atoms with Crippen molar-refractivity contribution < 1.29 is 9.47 Å². The number of benzene rings is 1. The van der Waals surface area contributed by atoms with Crippen LogP contribution in [0.4, 0.5) is 0 Å². The molecule has 3 rings (SSSR count). The van der Waals surface area contributed by atoms with Gasteiger partial charge in [0.1, 0.15) is 12.9 Å². The van der Waals surface area contributed by atoms with Gasteiger partial charge in [-0.1, -0.05) is 12.1 Å². The fourth-order valence-corrected chi connectivity index (χ4v) is 2.91. The van der Waals surface area contributed by atoms with E-state index in [9.17, 15) is 0 Å². The zero-order valence-corrected chi connectivity index (χ0v) is 14.8. The minimum atomic E-state index is 0.524. The van der Waals surface area contributed by atoms with Gasteiger partial charge in [0.2, 0.25) is 4.77 Å². The summed E-state index contributed by atoms with van der Waals surface area (Å²) >= 11 is 6.78. The van der Waals surface area contributed by atoms with E-state index in [-0.39, 0.29) is 0 Å². The van der Waals surface area contributed by atoms with Gasteiger partial charge < -0.3 is 14.9 Å². The number of hydrogen-bond donors (Lipinski definition) is 2. The maximum atomic E-state index is 5.89. The minimum absolute atomic E-state index is 0.524. The molecule has 24 heavy (non-hydrogen) atoms. The lowest BCUT2D eigenvalue weighted by molar-refractivity contribution is 0.271. The van der Waals surface area contributed by atoms with E-state index in [1.807, 2.05) is 36.6 Å². The van der Waals surface area contributed by atoms with Crippen molar-refractivity contribution in [2.24, 2.45) is 0 Å². The van der Waals surface area contributed by atoms with Crippen LogP contribution in [-0.4, -0.2) is 21.5 Å². The SMILES string of the molecule is CCOc1cc(CNn2cn[nH]c2=S)ccc1OCc1cccs1. The fourth-order valence-electron chi connectivity index (χ4n) is 2.13. The molecule has 0 spiro atoms. The summed E-state index contributed by atoms with van der Waals surface area (Å²) in [6.07, 6.45) is 1.60. The Kier molecular flexibility index (Phi) is 5.50. The molecule has 0 aliphatic heterocycles. The molecule has 3 aromatic rings. The normalized spacial score (nSPS) is 10.5. The third-order valence-electron chi connectivity index (χ3n) is 3.26. The van der Waals surface area contributed by atoms with Crippen LogP contribution in [-0.2, 0) is 13.2 Å². The van der Waals surface area contributed by atoms with Gasteiger partial charge in [0.25, 0.3) is 0 Å². The monoisotopic (exact) mass is 362 g/mol. The van der Waals surface area contributed by atoms with E-state index in [1.54, 1.807) is 22.3 Å². The van der Waals surface area contributed by atoms with Gasteiger partial charge in [-0.25, -0.2) is 4.68 Å². The third-order valence-corrected chi connectivity index (χ3v) is 4.40. The lowest BCUT2D eigenvalue weighted by atomic mass is 10.2. The van der Waals surface area contributed by atoms with E-state index in [2.05, 4.69) is 21.7 Å². The molecule has 126 valence electrons. The lowest BCUT2D eigenvalue weighted by Crippen LogP contribution is -2.13. The van der Waals surface area contributed by atoms with Crippen LogP contribution in [0.1, 0.15) is 17.4 Å². The van der Waals surface area contributed by atoms with Crippen LogP contribution in [0.15, 0.2) is 42.0 Å². The predicted molar refractivity (Wildman–Crippen MR) is 96.7 cm³/mol. The molecular formula is C16H18N4O2S2. The Balaban J connectivity index is 1.69. The van der Waals surface area contributed by atoms with E-state index in [1.165, 1.54) is 4.88 Å². The van der Waals surface area contributed by atoms with Crippen LogP contribution in [0.25, 0.3) is 0 Å². The highest BCUT2D eigenvalue weighted by Crippen LogP contribution is 2.29. The molecule has 0 aliphatic carbocycles. The highest BCUT2D eigenvalue weighted by molar-refractivity contribution is 7.71. The summed E-state index contributed by atoms with van der Waals surface area (Å²) < 4.78 is 13.8. The zero-order chi connectivity index (χ0) is 16.8. The third kappa shape index (κ3) is 4.15. The van der Waals surface area contributed by atoms with Gasteiger partial charge in [-0.2, -0.15) is 5.10 Å². The first-order valence-corrected chi connectivity index (χ1v) is 8.82. The maximum absolute atomic E-state index is 5.89. The Morgan fingerprint density at radius 3 is 2.92 bits per heavy atom. The average Bonchev–Trinajstić information content (AvgIpc) is 3.24. The fraction of sp³-hybridized carbons (Fsp3) is 0.250. The molecule has 0 saturated carbocycles. The van der Waals surface area contributed by atoms with E-state index < -0.39 is 0 Å². The summed E-state index contributed by atoms with van der Waals surface area (Å²) in [6, 6.07) is 9.98. The van der Waals surface area contributed by atoms with Crippen molar-refractivity contribution >= 4 is 23.6 Å². The van der Waals surface area contributed by atoms with Crippen molar-refractivity contribution in [3.63, 3.8) is 0 Å². The number of hydrogen-bond acceptors (Lipinski definition) is 6. The van der Waals surface area contributed by atoms with Gasteiger partial charge in [-0.3, -0.25) is 5.10 Å². The highest BCUT2D eigenvalue weighted by Gasteiger charge is 2.08. The molecule has 2 aromatic heterocycles. The molecule has 0 unspecified atom stereocenters. The van der Waals surface area contributed by atoms with Crippen molar-refractivity contribution in [2.45, 2.75) is 20.1 Å². The first-order valence-electron chi connectivity index (χ1n) is 7.53. The van der Waals surface area contributed by atoms with Crippen LogP contribution in [0.2, 0.25) is 0 Å². The second-order valence-corrected chi connectivity index (χ2v) is 6.37. The standard InChI is InChI=1S/C16H18N4O2S2/c1-2-21-15-8-12(9-18-20-11-17-19-16(20)23)5-6-14(15)22-10-13-4-3-7-24-13/h3-8,11,18H,2,9-10H2,1H3,(H,19,23). The Morgan fingerprint density at radius 1 is 1.29 bits per heavy atom. The van der Waals surface area contributed by atoms with Crippen LogP contribution < -0.4 is 14.9 Å². The van der Waals surface area contributed by atoms with E-state index in [4.69, 9.17) is 21.7 Å². The van der Waals surface area contributed by atoms with Gasteiger partial charge in [0, 0.05) is 4.88 Å². The minimum Gasteiger partial charge on any atom is -0.490 e. The number of thiophene rings is 1. The first-order chi connectivity index (χ1) is 11.8. The van der Waals surface area contributed by atoms with Gasteiger partial charge in [-0.05, 0) is 48.3 Å². The summed E-state index contributed by atoms with van der Waals surface area (Å²) in [7, 11) is 0. The van der Waals surface area contributed by atoms with E-state index in [0.717, 1.165) is 17.1 Å². The molecule has 0 aliphatic rings. The van der Waals surface area contributed by atoms with Gasteiger partial charge in [0.15, 0.2) is 11.5 Å². The molecule has 0 amide bonds. The molecule has 0 saturated heterocycles. The molecule has 0 fully saturated rings. The number of nitrogens with one attached hydrogen (secondary N) is 2. The van der Waals surface area contributed by atoms with E-state index >= 15 is 0 Å². The van der Waals surface area contributed by atoms with Crippen molar-refractivity contribution in [3.05, 3.63) is 57.3 Å². The van der Waals surface area contributed by atoms with Crippen molar-refractivity contribution in [1.29, 1.82) is 0 Å². The Hall–Kier alpha value is -2.32. The highest BCUT2D eigenvalue weighted by atomic mass is 32.1. The van der Waals surface area contributed by atoms with Gasteiger partial charge in [0.05, 0.1) is 13.2 Å². The van der Waals surface area contributed by atoms with Crippen LogP contribution in [0, 0.1) is 4.77 Å². The van der Waals surface area contributed by atoms with E-state index in [0.29, 0.717) is 24.5 Å². The number of nitrogens with zero attached hydrogens (tertiary/aromatic N) is 2. The number of aromatic nitrogens is 3. The molecule has 8 heteroatoms. The smallest absolute Gasteiger partial charge is 0.214 e. The molecule has 2 heterocycles. The molecule has 1 aromatic carbocycles. The quantitative estimate of drug-likeness (QED) is 0.598. The lowest BCUT2D eigenvalue weighted by Gasteiger charge is -2.13. The van der Waals surface area contributed by atoms with Crippen molar-refractivity contribution in [1.82, 2.24) is 14.9 Å². The summed E-state index contributed by atoms with van der Waals surface area (Å²) in [4.78, 5) is 1.18. The maximum Gasteiger partial charge on any atom is 0.214 e. The summed E-state index contributed by atoms with van der Waals surface area (Å²) in [5.41, 5.74) is 4.24. The molecule has 2 N–H and O–H groups in total. The largest absolute Gasteiger partial charge is 0.490 e. The predicted octanol–water partition coefficient (Wildman–Crippen LogP) is 3.72. The molecule has 6 nitrogen and oxygen atoms in total. The molecule has 0 atom stereocenters. The Bertz CT molecular complexity index is 827. The Labute approximate surface area is 149 Å². The van der Waals surface area contributed by atoms with Crippen LogP contribution in [0.5, 0.6) is 11.5 Å². The molecule has 0 bridgehead atoms. The average molecular weight is 362 g/mol. The van der Waals surface area contributed by atoms with Crippen LogP contribution in [0.3, 0.4) is 0 Å². The second kappa shape index (κ2) is 7.98. The molecular weight excluding hydrogens is 344 g/mol. The zero-order valence-electron chi connectivity index (χ0n) is 13.2. The van der Waals surface area contributed by atoms with Crippen molar-refractivity contribution in [2.75, 3.05) is 12.0 Å². The molecule has 0 radical (unpaired) electrons. The Morgan fingerprint density at radius 2 is 2.21 bits per heavy atom. The number of aromatic amines is 1. The topological polar surface area (TPSA) is 64.1 Å². The second-order valence-electron chi connectivity index (χ2n) is 4.95. The number of rotatable bonds is 8. The van der Waals surface area contributed by atoms with Crippen molar-refractivity contribution in [3.8, 4) is 11.5 Å². The van der Waals surface area contributed by atoms with Gasteiger partial charge >= 0.3 is 0 Å². The number of H-pyrrole nitrogens is 1. The van der Waals surface area contributed by atoms with Gasteiger partial charge in [-0.15, -0.1) is 11.3 Å².